The van der Waals surface area contributed by atoms with Gasteiger partial charge in [-0.15, -0.1) is 11.3 Å². The van der Waals surface area contributed by atoms with E-state index in [9.17, 15) is 0 Å². The van der Waals surface area contributed by atoms with Gasteiger partial charge in [0.15, 0.2) is 0 Å². The van der Waals surface area contributed by atoms with Gasteiger partial charge in [-0.05, 0) is 30.7 Å². The Balaban J connectivity index is 1.93. The van der Waals surface area contributed by atoms with E-state index in [1.165, 1.54) is 10.4 Å². The first-order valence-corrected chi connectivity index (χ1v) is 7.42. The lowest BCUT2D eigenvalue weighted by molar-refractivity contribution is 0.579. The van der Waals surface area contributed by atoms with Crippen molar-refractivity contribution in [3.63, 3.8) is 0 Å². The van der Waals surface area contributed by atoms with Gasteiger partial charge in [0.1, 0.15) is 0 Å². The second kappa shape index (κ2) is 6.01. The summed E-state index contributed by atoms with van der Waals surface area (Å²) < 4.78 is 1.11. The van der Waals surface area contributed by atoms with Crippen molar-refractivity contribution in [2.24, 2.45) is 0 Å². The molecule has 1 aromatic carbocycles. The van der Waals surface area contributed by atoms with Gasteiger partial charge in [-0.1, -0.05) is 39.7 Å². The standard InChI is InChI=1S/C13H13BrClNS/c1-9(10-2-4-11(14)5-3-10)16-7-13-6-12(15)8-17-13/h2-6,8-9,16H,7H2,1H3. The summed E-state index contributed by atoms with van der Waals surface area (Å²) in [5, 5.41) is 6.27. The van der Waals surface area contributed by atoms with Crippen molar-refractivity contribution in [2.45, 2.75) is 19.5 Å². The zero-order valence-electron chi connectivity index (χ0n) is 9.41. The van der Waals surface area contributed by atoms with Crippen LogP contribution in [0.15, 0.2) is 40.2 Å². The maximum Gasteiger partial charge on any atom is 0.0516 e. The Morgan fingerprint density at radius 3 is 2.65 bits per heavy atom. The number of thiophene rings is 1. The molecule has 90 valence electrons. The number of halogens is 2. The van der Waals surface area contributed by atoms with Gasteiger partial charge in [0, 0.05) is 27.3 Å². The van der Waals surface area contributed by atoms with E-state index in [0.29, 0.717) is 6.04 Å². The van der Waals surface area contributed by atoms with Crippen LogP contribution in [-0.2, 0) is 6.54 Å². The number of nitrogens with one attached hydrogen (secondary N) is 1. The van der Waals surface area contributed by atoms with Gasteiger partial charge in [-0.2, -0.15) is 0 Å². The molecule has 1 atom stereocenters. The van der Waals surface area contributed by atoms with Crippen LogP contribution in [0, 0.1) is 0 Å². The van der Waals surface area contributed by atoms with Crippen molar-refractivity contribution in [1.82, 2.24) is 5.32 Å². The molecule has 0 aliphatic carbocycles. The van der Waals surface area contributed by atoms with Gasteiger partial charge in [-0.3, -0.25) is 0 Å². The van der Waals surface area contributed by atoms with Gasteiger partial charge in [-0.25, -0.2) is 0 Å². The lowest BCUT2D eigenvalue weighted by Crippen LogP contribution is -2.17. The molecule has 1 heterocycles. The Morgan fingerprint density at radius 1 is 1.35 bits per heavy atom. The quantitative estimate of drug-likeness (QED) is 0.830. The fourth-order valence-corrected chi connectivity index (χ4v) is 2.86. The van der Waals surface area contributed by atoms with E-state index in [-0.39, 0.29) is 0 Å². The van der Waals surface area contributed by atoms with E-state index in [1.807, 2.05) is 11.4 Å². The first-order chi connectivity index (χ1) is 8.15. The van der Waals surface area contributed by atoms with Gasteiger partial charge in [0.05, 0.1) is 5.02 Å². The van der Waals surface area contributed by atoms with Gasteiger partial charge in [0.2, 0.25) is 0 Å². The zero-order chi connectivity index (χ0) is 12.3. The van der Waals surface area contributed by atoms with E-state index in [1.54, 1.807) is 11.3 Å². The third-order valence-corrected chi connectivity index (χ3v) is 4.39. The summed E-state index contributed by atoms with van der Waals surface area (Å²) >= 11 is 11.0. The lowest BCUT2D eigenvalue weighted by Gasteiger charge is -2.13. The highest BCUT2D eigenvalue weighted by Gasteiger charge is 2.05. The molecule has 0 saturated carbocycles. The average Bonchev–Trinajstić information content (AvgIpc) is 2.73. The van der Waals surface area contributed by atoms with E-state index >= 15 is 0 Å². The van der Waals surface area contributed by atoms with Crippen LogP contribution >= 0.6 is 38.9 Å². The highest BCUT2D eigenvalue weighted by Crippen LogP contribution is 2.21. The molecule has 0 saturated heterocycles. The molecule has 1 unspecified atom stereocenters. The molecule has 1 N–H and O–H groups in total. The molecule has 0 amide bonds. The predicted octanol–water partition coefficient (Wildman–Crippen LogP) is 5.01. The van der Waals surface area contributed by atoms with Gasteiger partial charge >= 0.3 is 0 Å². The summed E-state index contributed by atoms with van der Waals surface area (Å²) in [5.74, 6) is 0. The van der Waals surface area contributed by atoms with Crippen molar-refractivity contribution in [2.75, 3.05) is 0 Å². The van der Waals surface area contributed by atoms with E-state index in [2.05, 4.69) is 52.4 Å². The second-order valence-corrected chi connectivity index (χ2v) is 6.23. The topological polar surface area (TPSA) is 12.0 Å². The number of hydrogen-bond acceptors (Lipinski definition) is 2. The number of hydrogen-bond donors (Lipinski definition) is 1. The molecule has 2 aromatic rings. The van der Waals surface area contributed by atoms with Crippen LogP contribution in [0.4, 0.5) is 0 Å². The first-order valence-electron chi connectivity index (χ1n) is 5.37. The van der Waals surface area contributed by atoms with Gasteiger partial charge < -0.3 is 5.32 Å². The third kappa shape index (κ3) is 3.81. The molecule has 0 bridgehead atoms. The minimum atomic E-state index is 0.337. The molecule has 1 aromatic heterocycles. The molecular formula is C13H13BrClNS. The summed E-state index contributed by atoms with van der Waals surface area (Å²) in [6, 6.07) is 10.7. The minimum absolute atomic E-state index is 0.337. The van der Waals surface area contributed by atoms with Crippen molar-refractivity contribution < 1.29 is 0 Å². The molecule has 1 nitrogen and oxygen atoms in total. The molecular weight excluding hydrogens is 318 g/mol. The van der Waals surface area contributed by atoms with Crippen LogP contribution in [0.5, 0.6) is 0 Å². The molecule has 17 heavy (non-hydrogen) atoms. The van der Waals surface area contributed by atoms with Crippen molar-refractivity contribution in [3.05, 3.63) is 55.6 Å². The second-order valence-electron chi connectivity index (χ2n) is 3.89. The molecule has 0 spiro atoms. The lowest BCUT2D eigenvalue weighted by atomic mass is 10.1. The fourth-order valence-electron chi connectivity index (χ4n) is 1.57. The molecule has 0 fully saturated rings. The van der Waals surface area contributed by atoms with Crippen LogP contribution in [0.25, 0.3) is 0 Å². The summed E-state index contributed by atoms with van der Waals surface area (Å²) in [6.45, 7) is 3.02. The molecule has 0 aliphatic heterocycles. The van der Waals surface area contributed by atoms with E-state index < -0.39 is 0 Å². The summed E-state index contributed by atoms with van der Waals surface area (Å²) in [7, 11) is 0. The predicted molar refractivity (Wildman–Crippen MR) is 78.7 cm³/mol. The Labute approximate surface area is 119 Å². The zero-order valence-corrected chi connectivity index (χ0v) is 12.6. The van der Waals surface area contributed by atoms with Crippen LogP contribution in [0.2, 0.25) is 5.02 Å². The highest BCUT2D eigenvalue weighted by molar-refractivity contribution is 9.10. The Hall–Kier alpha value is -0.350. The van der Waals surface area contributed by atoms with E-state index in [0.717, 1.165) is 16.0 Å². The molecule has 2 rings (SSSR count). The van der Waals surface area contributed by atoms with Crippen molar-refractivity contribution in [1.29, 1.82) is 0 Å². The van der Waals surface area contributed by atoms with Crippen LogP contribution < -0.4 is 5.32 Å². The Bertz CT molecular complexity index is 480. The maximum atomic E-state index is 5.89. The smallest absolute Gasteiger partial charge is 0.0516 e. The normalized spacial score (nSPS) is 12.6. The molecule has 4 heteroatoms. The van der Waals surface area contributed by atoms with Crippen molar-refractivity contribution in [3.8, 4) is 0 Å². The van der Waals surface area contributed by atoms with Crippen LogP contribution in [-0.4, -0.2) is 0 Å². The minimum Gasteiger partial charge on any atom is -0.305 e. The summed E-state index contributed by atoms with van der Waals surface area (Å²) in [5.41, 5.74) is 1.29. The molecule has 0 aliphatic rings. The fraction of sp³-hybridized carbons (Fsp3) is 0.231. The Kier molecular flexibility index (Phi) is 4.62. The van der Waals surface area contributed by atoms with Crippen LogP contribution in [0.1, 0.15) is 23.4 Å². The summed E-state index contributed by atoms with van der Waals surface area (Å²) in [6.07, 6.45) is 0. The number of rotatable bonds is 4. The maximum absolute atomic E-state index is 5.89. The highest BCUT2D eigenvalue weighted by atomic mass is 79.9. The van der Waals surface area contributed by atoms with Crippen molar-refractivity contribution >= 4 is 38.9 Å². The first kappa shape index (κ1) is 13.1. The summed E-state index contributed by atoms with van der Waals surface area (Å²) in [4.78, 5) is 1.26. The largest absolute Gasteiger partial charge is 0.305 e. The number of benzene rings is 1. The Morgan fingerprint density at radius 2 is 2.06 bits per heavy atom. The SMILES string of the molecule is CC(NCc1cc(Cl)cs1)c1ccc(Br)cc1. The van der Waals surface area contributed by atoms with Crippen LogP contribution in [0.3, 0.4) is 0 Å². The van der Waals surface area contributed by atoms with Gasteiger partial charge in [0.25, 0.3) is 0 Å². The van der Waals surface area contributed by atoms with E-state index in [4.69, 9.17) is 11.6 Å². The third-order valence-electron chi connectivity index (χ3n) is 2.57. The molecule has 0 radical (unpaired) electrons. The monoisotopic (exact) mass is 329 g/mol. The average molecular weight is 331 g/mol.